The lowest BCUT2D eigenvalue weighted by Gasteiger charge is -2.35. The minimum atomic E-state index is -0.163. The molecule has 0 saturated carbocycles. The lowest BCUT2D eigenvalue weighted by Crippen LogP contribution is -2.46. The molecule has 1 aromatic carbocycles. The Morgan fingerprint density at radius 2 is 1.94 bits per heavy atom. The van der Waals surface area contributed by atoms with Gasteiger partial charge in [0.05, 0.1) is 4.70 Å². The van der Waals surface area contributed by atoms with Gasteiger partial charge in [0.25, 0.3) is 0 Å². The van der Waals surface area contributed by atoms with Crippen LogP contribution in [0.25, 0.3) is 10.1 Å². The highest BCUT2D eigenvalue weighted by Crippen LogP contribution is 2.36. The first-order valence-corrected chi connectivity index (χ1v) is 13.3. The fourth-order valence-electron chi connectivity index (χ4n) is 4.96. The molecule has 6 nitrogen and oxygen atoms in total. The Bertz CT molecular complexity index is 893. The number of nitrogens with zero attached hydrogens (tertiary/aromatic N) is 4. The van der Waals surface area contributed by atoms with E-state index < -0.39 is 0 Å². The smallest absolute Gasteiger partial charge is 0.222 e. The summed E-state index contributed by atoms with van der Waals surface area (Å²) in [5.41, 5.74) is -0.163. The molecule has 0 bridgehead atoms. The van der Waals surface area contributed by atoms with Crippen molar-refractivity contribution >= 4 is 39.6 Å². The summed E-state index contributed by atoms with van der Waals surface area (Å²) >= 11 is 1.59. The summed E-state index contributed by atoms with van der Waals surface area (Å²) < 4.78 is 5.96. The van der Waals surface area contributed by atoms with Gasteiger partial charge in [-0.05, 0) is 61.3 Å². The van der Waals surface area contributed by atoms with Crippen molar-refractivity contribution in [3.8, 4) is 0 Å². The first-order chi connectivity index (χ1) is 16.0. The molecule has 1 aromatic heterocycles. The molecule has 0 radical (unpaired) electrons. The summed E-state index contributed by atoms with van der Waals surface area (Å²) in [6.07, 6.45) is 6.89. The summed E-state index contributed by atoms with van der Waals surface area (Å²) in [6.45, 7) is 10.2. The first-order valence-electron chi connectivity index (χ1n) is 12.5. The van der Waals surface area contributed by atoms with Crippen molar-refractivity contribution in [1.82, 2.24) is 14.2 Å². The van der Waals surface area contributed by atoms with E-state index in [1.807, 2.05) is 11.9 Å². The number of anilines is 1. The number of carbonyl (C=O) groups excluding carboxylic acids is 2. The van der Waals surface area contributed by atoms with Gasteiger partial charge < -0.3 is 14.6 Å². The third-order valence-electron chi connectivity index (χ3n) is 7.25. The van der Waals surface area contributed by atoms with Gasteiger partial charge in [-0.3, -0.25) is 9.69 Å². The number of unbranched alkanes of at least 4 members (excludes halogenated alkanes) is 1. The van der Waals surface area contributed by atoms with Gasteiger partial charge in [-0.2, -0.15) is 4.37 Å². The van der Waals surface area contributed by atoms with Gasteiger partial charge in [0, 0.05) is 58.0 Å². The highest BCUT2D eigenvalue weighted by atomic mass is 32.1. The molecule has 2 heterocycles. The average molecular weight is 473 g/mol. The van der Waals surface area contributed by atoms with Gasteiger partial charge >= 0.3 is 0 Å². The summed E-state index contributed by atoms with van der Waals surface area (Å²) in [7, 11) is 1.91. The van der Waals surface area contributed by atoms with Crippen LogP contribution in [0.5, 0.6) is 0 Å². The number of aldehydes is 1. The maximum atomic E-state index is 12.8. The summed E-state index contributed by atoms with van der Waals surface area (Å²) in [4.78, 5) is 30.8. The Balaban J connectivity index is 1.37. The summed E-state index contributed by atoms with van der Waals surface area (Å²) in [5, 5.41) is 1.27. The fourth-order valence-corrected chi connectivity index (χ4v) is 5.76. The molecule has 1 fully saturated rings. The highest BCUT2D eigenvalue weighted by Gasteiger charge is 2.31. The Morgan fingerprint density at radius 3 is 2.64 bits per heavy atom. The van der Waals surface area contributed by atoms with Gasteiger partial charge in [0.2, 0.25) is 5.91 Å². The molecule has 1 aliphatic heterocycles. The Morgan fingerprint density at radius 1 is 1.18 bits per heavy atom. The maximum absolute atomic E-state index is 12.8. The van der Waals surface area contributed by atoms with Crippen LogP contribution in [0.3, 0.4) is 0 Å². The molecule has 0 N–H and O–H groups in total. The molecular weight excluding hydrogens is 432 g/mol. The quantitative estimate of drug-likeness (QED) is 0.309. The minimum Gasteiger partial charge on any atom is -0.353 e. The van der Waals surface area contributed by atoms with E-state index >= 15 is 0 Å². The lowest BCUT2D eigenvalue weighted by atomic mass is 9.75. The van der Waals surface area contributed by atoms with Crippen molar-refractivity contribution in [2.24, 2.45) is 5.41 Å². The predicted molar refractivity (Wildman–Crippen MR) is 138 cm³/mol. The van der Waals surface area contributed by atoms with Crippen LogP contribution in [0.2, 0.25) is 0 Å². The second-order valence-electron chi connectivity index (χ2n) is 9.50. The highest BCUT2D eigenvalue weighted by molar-refractivity contribution is 7.13. The molecule has 1 aliphatic rings. The number of fused-ring (bicyclic) bond motifs is 1. The van der Waals surface area contributed by atoms with E-state index in [9.17, 15) is 9.59 Å². The number of hydrogen-bond acceptors (Lipinski definition) is 6. The van der Waals surface area contributed by atoms with E-state index in [0.29, 0.717) is 12.8 Å². The van der Waals surface area contributed by atoms with Crippen LogP contribution >= 0.6 is 11.5 Å². The van der Waals surface area contributed by atoms with Crippen molar-refractivity contribution in [3.05, 3.63) is 24.3 Å². The van der Waals surface area contributed by atoms with Crippen molar-refractivity contribution in [1.29, 1.82) is 0 Å². The molecule has 2 aromatic rings. The number of hydrogen-bond donors (Lipinski definition) is 0. The topological polar surface area (TPSA) is 56.8 Å². The number of carbonyl (C=O) groups is 2. The van der Waals surface area contributed by atoms with E-state index in [1.54, 1.807) is 11.5 Å². The fraction of sp³-hybridized carbons (Fsp3) is 0.654. The third kappa shape index (κ3) is 6.76. The molecule has 33 heavy (non-hydrogen) atoms. The summed E-state index contributed by atoms with van der Waals surface area (Å²) in [6, 6.07) is 8.48. The van der Waals surface area contributed by atoms with Crippen LogP contribution in [0.4, 0.5) is 5.82 Å². The Labute approximate surface area is 203 Å². The second-order valence-corrected chi connectivity index (χ2v) is 10.3. The van der Waals surface area contributed by atoms with Crippen molar-refractivity contribution in [3.63, 3.8) is 0 Å². The molecule has 1 unspecified atom stereocenters. The molecule has 3 rings (SSSR count). The number of benzene rings is 1. The van der Waals surface area contributed by atoms with E-state index in [1.165, 1.54) is 10.1 Å². The molecule has 0 spiro atoms. The van der Waals surface area contributed by atoms with Gasteiger partial charge in [0.1, 0.15) is 12.1 Å². The van der Waals surface area contributed by atoms with Crippen LogP contribution in [0.15, 0.2) is 24.3 Å². The van der Waals surface area contributed by atoms with Gasteiger partial charge in [-0.1, -0.05) is 32.4 Å². The standard InChI is InChI=1S/C26H40N4O2S/c1-4-12-26(5-2,13-20-31)21-24(32)28(3)14-8-9-15-29-16-18-30(19-17-29)25-22-10-6-7-11-23(22)33-27-25/h6-7,10-11,20H,4-5,8-9,12-19,21H2,1-3H3. The van der Waals surface area contributed by atoms with Gasteiger partial charge in [-0.25, -0.2) is 0 Å². The largest absolute Gasteiger partial charge is 0.353 e. The van der Waals surface area contributed by atoms with E-state index in [0.717, 1.165) is 83.5 Å². The predicted octanol–water partition coefficient (Wildman–Crippen LogP) is 4.83. The molecule has 1 saturated heterocycles. The van der Waals surface area contributed by atoms with Gasteiger partial charge in [0.15, 0.2) is 0 Å². The van der Waals surface area contributed by atoms with E-state index in [4.69, 9.17) is 4.37 Å². The SMILES string of the molecule is CCCC(CC)(CC=O)CC(=O)N(C)CCCCN1CCN(c2nsc3ccccc23)CC1. The molecule has 7 heteroatoms. The molecule has 1 amide bonds. The van der Waals surface area contributed by atoms with Crippen LogP contribution in [0.1, 0.15) is 58.8 Å². The lowest BCUT2D eigenvalue weighted by molar-refractivity contribution is -0.133. The zero-order valence-electron chi connectivity index (χ0n) is 20.6. The van der Waals surface area contributed by atoms with Crippen LogP contribution in [-0.4, -0.2) is 72.7 Å². The van der Waals surface area contributed by atoms with Crippen molar-refractivity contribution in [2.75, 3.05) is 51.2 Å². The van der Waals surface area contributed by atoms with Crippen molar-refractivity contribution < 1.29 is 9.59 Å². The normalized spacial score (nSPS) is 16.6. The van der Waals surface area contributed by atoms with E-state index in [-0.39, 0.29) is 11.3 Å². The van der Waals surface area contributed by atoms with Crippen LogP contribution < -0.4 is 4.90 Å². The number of aromatic nitrogens is 1. The van der Waals surface area contributed by atoms with E-state index in [2.05, 4.69) is 47.9 Å². The molecule has 1 atom stereocenters. The summed E-state index contributed by atoms with van der Waals surface area (Å²) in [5.74, 6) is 1.31. The van der Waals surface area contributed by atoms with Gasteiger partial charge in [-0.15, -0.1) is 0 Å². The molecular formula is C26H40N4O2S. The number of rotatable bonds is 13. The zero-order valence-corrected chi connectivity index (χ0v) is 21.4. The van der Waals surface area contributed by atoms with Crippen LogP contribution in [0, 0.1) is 5.41 Å². The Kier molecular flexibility index (Phi) is 9.68. The third-order valence-corrected chi connectivity index (χ3v) is 8.06. The monoisotopic (exact) mass is 472 g/mol. The minimum absolute atomic E-state index is 0.163. The van der Waals surface area contributed by atoms with Crippen molar-refractivity contribution in [2.45, 2.75) is 58.8 Å². The van der Waals surface area contributed by atoms with Crippen LogP contribution in [-0.2, 0) is 9.59 Å². The number of piperazine rings is 1. The first kappa shape index (κ1) is 25.6. The average Bonchev–Trinajstić information content (AvgIpc) is 3.26. The zero-order chi connectivity index (χ0) is 23.7. The second kappa shape index (κ2) is 12.5. The number of amides is 1. The maximum Gasteiger partial charge on any atom is 0.222 e. The molecule has 0 aliphatic carbocycles. The Hall–Kier alpha value is -1.99. The molecule has 182 valence electrons.